The smallest absolute Gasteiger partial charge is 0.327 e. The number of fused-ring (bicyclic) bond motifs is 1. The first kappa shape index (κ1) is 19.2. The molecule has 156 valence electrons. The van der Waals surface area contributed by atoms with Crippen molar-refractivity contribution in [3.05, 3.63) is 52.1 Å². The van der Waals surface area contributed by atoms with Crippen LogP contribution in [0, 0.1) is 6.92 Å². The summed E-state index contributed by atoms with van der Waals surface area (Å²) in [5.74, 6) is 1.19. The summed E-state index contributed by atoms with van der Waals surface area (Å²) in [5.41, 5.74) is 4.58. The number of imidazole rings is 1. The van der Waals surface area contributed by atoms with Gasteiger partial charge in [0.1, 0.15) is 0 Å². The largest absolute Gasteiger partial charge is 0.349 e. The van der Waals surface area contributed by atoms with E-state index in [1.165, 1.54) is 0 Å². The first-order chi connectivity index (χ1) is 14.5. The molecular weight excluding hydrogens is 400 g/mol. The first-order valence-electron chi connectivity index (χ1n) is 10.4. The van der Waals surface area contributed by atoms with Crippen molar-refractivity contribution in [2.75, 3.05) is 11.5 Å². The van der Waals surface area contributed by atoms with Gasteiger partial charge >= 0.3 is 5.69 Å². The van der Waals surface area contributed by atoms with Crippen molar-refractivity contribution in [2.45, 2.75) is 44.7 Å². The van der Waals surface area contributed by atoms with Crippen molar-refractivity contribution in [1.82, 2.24) is 19.9 Å². The van der Waals surface area contributed by atoms with E-state index in [1.54, 1.807) is 10.8 Å². The quantitative estimate of drug-likeness (QED) is 0.673. The Morgan fingerprint density at radius 3 is 2.70 bits per heavy atom. The SMILES string of the molecule is Cc1ccc(C(=O)NC2CC2)cc1-c1cnc2c(c1)[nH]c(=O)n2C1CCS(=O)CC1. The molecule has 1 aliphatic heterocycles. The number of H-pyrrole nitrogens is 1. The summed E-state index contributed by atoms with van der Waals surface area (Å²) >= 11 is 0. The fourth-order valence-electron chi connectivity index (χ4n) is 4.11. The van der Waals surface area contributed by atoms with Gasteiger partial charge in [-0.15, -0.1) is 0 Å². The summed E-state index contributed by atoms with van der Waals surface area (Å²) < 4.78 is 13.4. The first-order valence-corrected chi connectivity index (χ1v) is 11.9. The maximum atomic E-state index is 12.6. The van der Waals surface area contributed by atoms with Gasteiger partial charge in [-0.1, -0.05) is 6.07 Å². The normalized spacial score (nSPS) is 21.6. The van der Waals surface area contributed by atoms with E-state index in [2.05, 4.69) is 15.3 Å². The zero-order valence-electron chi connectivity index (χ0n) is 16.8. The summed E-state index contributed by atoms with van der Waals surface area (Å²) in [5, 5.41) is 3.02. The second kappa shape index (κ2) is 7.50. The minimum atomic E-state index is -0.779. The van der Waals surface area contributed by atoms with Gasteiger partial charge in [0.25, 0.3) is 5.91 Å². The lowest BCUT2D eigenvalue weighted by Crippen LogP contribution is -2.28. The Balaban J connectivity index is 1.50. The number of pyridine rings is 1. The van der Waals surface area contributed by atoms with Gasteiger partial charge < -0.3 is 10.3 Å². The Bertz CT molecular complexity index is 1210. The van der Waals surface area contributed by atoms with E-state index in [-0.39, 0.29) is 17.6 Å². The lowest BCUT2D eigenvalue weighted by Gasteiger charge is -2.22. The Labute approximate surface area is 176 Å². The Morgan fingerprint density at radius 2 is 1.97 bits per heavy atom. The van der Waals surface area contributed by atoms with Crippen LogP contribution in [0.3, 0.4) is 0 Å². The van der Waals surface area contributed by atoms with Crippen molar-refractivity contribution >= 4 is 27.9 Å². The van der Waals surface area contributed by atoms with Gasteiger partial charge in [-0.2, -0.15) is 0 Å². The highest BCUT2D eigenvalue weighted by molar-refractivity contribution is 7.85. The van der Waals surface area contributed by atoms with Crippen molar-refractivity contribution in [1.29, 1.82) is 0 Å². The molecule has 2 aromatic heterocycles. The molecule has 1 aliphatic carbocycles. The molecule has 0 spiro atoms. The number of rotatable bonds is 4. The summed E-state index contributed by atoms with van der Waals surface area (Å²) in [7, 11) is -0.779. The van der Waals surface area contributed by atoms with Crippen LogP contribution in [-0.4, -0.2) is 42.2 Å². The number of nitrogens with zero attached hydrogens (tertiary/aromatic N) is 2. The van der Waals surface area contributed by atoms with Crippen LogP contribution in [0.5, 0.6) is 0 Å². The predicted octanol–water partition coefficient (Wildman–Crippen LogP) is 2.68. The molecule has 7 nitrogen and oxygen atoms in total. The molecule has 2 fully saturated rings. The molecule has 0 atom stereocenters. The van der Waals surface area contributed by atoms with Crippen LogP contribution in [0.2, 0.25) is 0 Å². The maximum Gasteiger partial charge on any atom is 0.327 e. The molecule has 5 rings (SSSR count). The molecule has 0 bridgehead atoms. The van der Waals surface area contributed by atoms with Crippen LogP contribution in [-0.2, 0) is 10.8 Å². The molecule has 30 heavy (non-hydrogen) atoms. The zero-order chi connectivity index (χ0) is 20.8. The molecular formula is C22H24N4O3S. The molecule has 3 heterocycles. The fourth-order valence-corrected chi connectivity index (χ4v) is 5.38. The molecule has 8 heteroatoms. The number of hydrogen-bond acceptors (Lipinski definition) is 4. The minimum Gasteiger partial charge on any atom is -0.349 e. The van der Waals surface area contributed by atoms with E-state index in [0.29, 0.717) is 34.3 Å². The highest BCUT2D eigenvalue weighted by atomic mass is 32.2. The standard InChI is InChI=1S/C22H24N4O3S/c1-13-2-3-14(21(27)24-16-4-5-16)10-18(13)15-11-19-20(23-12-15)26(22(28)25-19)17-6-8-30(29)9-7-17/h2-3,10-12,16-17H,4-9H2,1H3,(H,24,27)(H,25,28). The second-order valence-corrected chi connectivity index (χ2v) is 9.95. The highest BCUT2D eigenvalue weighted by Gasteiger charge is 2.25. The lowest BCUT2D eigenvalue weighted by atomic mass is 9.99. The van der Waals surface area contributed by atoms with E-state index < -0.39 is 10.8 Å². The van der Waals surface area contributed by atoms with Gasteiger partial charge in [0.15, 0.2) is 5.65 Å². The average molecular weight is 425 g/mol. The van der Waals surface area contributed by atoms with Crippen LogP contribution >= 0.6 is 0 Å². The van der Waals surface area contributed by atoms with Gasteiger partial charge in [0, 0.05) is 51.7 Å². The molecule has 1 aromatic carbocycles. The van der Waals surface area contributed by atoms with Crippen LogP contribution in [0.15, 0.2) is 35.3 Å². The average Bonchev–Trinajstić information content (AvgIpc) is 3.48. The van der Waals surface area contributed by atoms with Crippen LogP contribution < -0.4 is 11.0 Å². The third-order valence-electron chi connectivity index (χ3n) is 6.00. The summed E-state index contributed by atoms with van der Waals surface area (Å²) in [6.45, 7) is 2.00. The monoisotopic (exact) mass is 424 g/mol. The van der Waals surface area contributed by atoms with Crippen LogP contribution in [0.1, 0.15) is 47.6 Å². The van der Waals surface area contributed by atoms with E-state index >= 15 is 0 Å². The summed E-state index contributed by atoms with van der Waals surface area (Å²) in [6.07, 6.45) is 5.30. The predicted molar refractivity (Wildman–Crippen MR) is 117 cm³/mol. The summed E-state index contributed by atoms with van der Waals surface area (Å²) in [4.78, 5) is 32.6. The number of carbonyl (C=O) groups excluding carboxylic acids is 1. The van der Waals surface area contributed by atoms with Gasteiger partial charge in [-0.05, 0) is 61.9 Å². The number of aromatic nitrogens is 3. The molecule has 2 N–H and O–H groups in total. The summed E-state index contributed by atoms with van der Waals surface area (Å²) in [6, 6.07) is 7.93. The molecule has 0 unspecified atom stereocenters. The fraction of sp³-hybridized carbons (Fsp3) is 0.409. The van der Waals surface area contributed by atoms with E-state index in [4.69, 9.17) is 0 Å². The van der Waals surface area contributed by atoms with Crippen LogP contribution in [0.25, 0.3) is 22.3 Å². The topological polar surface area (TPSA) is 96.8 Å². The third kappa shape index (κ3) is 3.60. The Morgan fingerprint density at radius 1 is 1.20 bits per heavy atom. The van der Waals surface area contributed by atoms with Crippen molar-refractivity contribution < 1.29 is 9.00 Å². The van der Waals surface area contributed by atoms with Crippen molar-refractivity contribution in [3.8, 4) is 11.1 Å². The highest BCUT2D eigenvalue weighted by Crippen LogP contribution is 2.29. The van der Waals surface area contributed by atoms with E-state index in [9.17, 15) is 13.8 Å². The lowest BCUT2D eigenvalue weighted by molar-refractivity contribution is 0.0951. The molecule has 1 saturated carbocycles. The number of hydrogen-bond donors (Lipinski definition) is 2. The van der Waals surface area contributed by atoms with Crippen LogP contribution in [0.4, 0.5) is 0 Å². The van der Waals surface area contributed by atoms with Crippen molar-refractivity contribution in [2.24, 2.45) is 0 Å². The van der Waals surface area contributed by atoms with Gasteiger partial charge in [-0.3, -0.25) is 13.6 Å². The molecule has 0 radical (unpaired) electrons. The number of aryl methyl sites for hydroxylation is 1. The van der Waals surface area contributed by atoms with Gasteiger partial charge in [0.05, 0.1) is 5.52 Å². The van der Waals surface area contributed by atoms with Gasteiger partial charge in [0.2, 0.25) is 0 Å². The number of amides is 1. The van der Waals surface area contributed by atoms with Crippen molar-refractivity contribution in [3.63, 3.8) is 0 Å². The van der Waals surface area contributed by atoms with E-state index in [1.807, 2.05) is 31.2 Å². The number of nitrogens with one attached hydrogen (secondary N) is 2. The third-order valence-corrected chi connectivity index (χ3v) is 7.38. The molecule has 1 saturated heterocycles. The number of aromatic amines is 1. The second-order valence-electron chi connectivity index (χ2n) is 8.25. The minimum absolute atomic E-state index is 0.0264. The Hall–Kier alpha value is -2.74. The number of benzene rings is 1. The molecule has 2 aliphatic rings. The Kier molecular flexibility index (Phi) is 4.81. The number of carbonyl (C=O) groups is 1. The molecule has 1 amide bonds. The van der Waals surface area contributed by atoms with Gasteiger partial charge in [-0.25, -0.2) is 9.78 Å². The zero-order valence-corrected chi connectivity index (χ0v) is 17.6. The van der Waals surface area contributed by atoms with E-state index in [0.717, 1.165) is 42.4 Å². The molecule has 3 aromatic rings. The maximum absolute atomic E-state index is 12.6.